The van der Waals surface area contributed by atoms with Crippen LogP contribution in [0.4, 0.5) is 0 Å². The number of carboxylic acids is 2. The summed E-state index contributed by atoms with van der Waals surface area (Å²) in [4.78, 5) is 58.5. The molecule has 0 saturated heterocycles. The number of amides is 3. The molecule has 0 radical (unpaired) electrons. The number of nitrogens with one attached hydrogen (secondary N) is 3. The van der Waals surface area contributed by atoms with E-state index in [-0.39, 0.29) is 6.42 Å². The third-order valence-corrected chi connectivity index (χ3v) is 3.84. The highest BCUT2D eigenvalue weighted by Gasteiger charge is 2.32. The van der Waals surface area contributed by atoms with Crippen molar-refractivity contribution in [3.05, 3.63) is 0 Å². The van der Waals surface area contributed by atoms with Crippen LogP contribution in [0.25, 0.3) is 0 Å². The van der Waals surface area contributed by atoms with Gasteiger partial charge in [-0.2, -0.15) is 0 Å². The van der Waals surface area contributed by atoms with Crippen LogP contribution >= 0.6 is 0 Å². The van der Waals surface area contributed by atoms with Gasteiger partial charge in [0.15, 0.2) is 0 Å². The van der Waals surface area contributed by atoms with Crippen LogP contribution < -0.4 is 27.4 Å². The summed E-state index contributed by atoms with van der Waals surface area (Å²) in [5.74, 6) is -5.57. The molecule has 4 atom stereocenters. The number of carbonyl (C=O) groups excluding carboxylic acids is 3. The highest BCUT2D eigenvalue weighted by atomic mass is 16.4. The Kier molecular flexibility index (Phi) is 12.1. The van der Waals surface area contributed by atoms with Gasteiger partial charge in [-0.25, -0.2) is 4.79 Å². The van der Waals surface area contributed by atoms with E-state index in [1.165, 1.54) is 6.92 Å². The number of nitrogens with two attached hydrogens (primary N) is 2. The molecule has 0 spiro atoms. The molecule has 10 N–H and O–H groups in total. The summed E-state index contributed by atoms with van der Waals surface area (Å²) < 4.78 is 0. The van der Waals surface area contributed by atoms with Gasteiger partial charge in [0.25, 0.3) is 0 Å². The van der Waals surface area contributed by atoms with Gasteiger partial charge >= 0.3 is 11.9 Å². The molecule has 4 unspecified atom stereocenters. The van der Waals surface area contributed by atoms with Crippen LogP contribution in [0, 0.1) is 0 Å². The van der Waals surface area contributed by atoms with Gasteiger partial charge < -0.3 is 42.7 Å². The predicted molar refractivity (Wildman–Crippen MR) is 99.3 cm³/mol. The summed E-state index contributed by atoms with van der Waals surface area (Å²) in [5, 5.41) is 34.3. The van der Waals surface area contributed by atoms with E-state index in [0.29, 0.717) is 19.4 Å². The standard InChI is InChI=1S/C16H29N5O8/c1-8(22)13(21-11(23)7-18)15(27)20-10(6-12(24)25)14(26)19-9(16(28)29)4-2-3-5-17/h8-10,13,22H,2-7,17-18H2,1H3,(H,19,26)(H,20,27)(H,21,23)(H,24,25)(H,28,29). The Hall–Kier alpha value is -2.77. The quantitative estimate of drug-likeness (QED) is 0.129. The van der Waals surface area contributed by atoms with E-state index >= 15 is 0 Å². The number of carbonyl (C=O) groups is 5. The number of aliphatic carboxylic acids is 2. The van der Waals surface area contributed by atoms with Crippen LogP contribution in [0.5, 0.6) is 0 Å². The summed E-state index contributed by atoms with van der Waals surface area (Å²) in [5.41, 5.74) is 10.5. The van der Waals surface area contributed by atoms with Gasteiger partial charge in [0.1, 0.15) is 18.1 Å². The molecule has 3 amide bonds. The maximum Gasteiger partial charge on any atom is 0.326 e. The average Bonchev–Trinajstić information content (AvgIpc) is 2.63. The van der Waals surface area contributed by atoms with Gasteiger partial charge in [0.05, 0.1) is 19.1 Å². The largest absolute Gasteiger partial charge is 0.481 e. The molecule has 0 aliphatic rings. The highest BCUT2D eigenvalue weighted by molar-refractivity contribution is 5.95. The molecule has 0 aromatic carbocycles. The van der Waals surface area contributed by atoms with Crippen LogP contribution in [-0.2, 0) is 24.0 Å². The summed E-state index contributed by atoms with van der Waals surface area (Å²) in [6.45, 7) is 1.08. The monoisotopic (exact) mass is 419 g/mol. The van der Waals surface area contributed by atoms with E-state index in [2.05, 4.69) is 16.0 Å². The van der Waals surface area contributed by atoms with Crippen molar-refractivity contribution in [3.8, 4) is 0 Å². The molecule has 0 rings (SSSR count). The van der Waals surface area contributed by atoms with E-state index < -0.39 is 66.9 Å². The van der Waals surface area contributed by atoms with Gasteiger partial charge in [0.2, 0.25) is 17.7 Å². The van der Waals surface area contributed by atoms with Crippen LogP contribution in [-0.4, -0.2) is 82.3 Å². The van der Waals surface area contributed by atoms with Gasteiger partial charge in [-0.1, -0.05) is 0 Å². The predicted octanol–water partition coefficient (Wildman–Crippen LogP) is -3.53. The van der Waals surface area contributed by atoms with E-state index in [1.807, 2.05) is 0 Å². The van der Waals surface area contributed by atoms with Crippen molar-refractivity contribution in [1.29, 1.82) is 0 Å². The Bertz CT molecular complexity index is 598. The molecule has 166 valence electrons. The zero-order chi connectivity index (χ0) is 22.6. The Morgan fingerprint density at radius 1 is 0.897 bits per heavy atom. The molecular formula is C16H29N5O8. The van der Waals surface area contributed by atoms with Crippen LogP contribution in [0.15, 0.2) is 0 Å². The van der Waals surface area contributed by atoms with Crippen molar-refractivity contribution in [1.82, 2.24) is 16.0 Å². The molecule has 0 aromatic heterocycles. The fraction of sp³-hybridized carbons (Fsp3) is 0.688. The molecule has 0 heterocycles. The summed E-state index contributed by atoms with van der Waals surface area (Å²) in [6, 6.07) is -4.42. The minimum atomic E-state index is -1.63. The maximum atomic E-state index is 12.4. The lowest BCUT2D eigenvalue weighted by atomic mass is 10.1. The lowest BCUT2D eigenvalue weighted by molar-refractivity contribution is -0.144. The fourth-order valence-electron chi connectivity index (χ4n) is 2.31. The smallest absolute Gasteiger partial charge is 0.326 e. The third-order valence-electron chi connectivity index (χ3n) is 3.84. The first-order valence-electron chi connectivity index (χ1n) is 8.96. The number of carboxylic acid groups (broad SMARTS) is 2. The molecule has 0 fully saturated rings. The number of aliphatic hydroxyl groups is 1. The van der Waals surface area contributed by atoms with E-state index in [9.17, 15) is 34.2 Å². The molecule has 0 saturated carbocycles. The maximum absolute atomic E-state index is 12.4. The van der Waals surface area contributed by atoms with Crippen molar-refractivity contribution in [2.45, 2.75) is 56.8 Å². The summed E-state index contributed by atoms with van der Waals surface area (Å²) in [6.07, 6.45) is -1.20. The van der Waals surface area contributed by atoms with Gasteiger partial charge in [-0.05, 0) is 32.7 Å². The van der Waals surface area contributed by atoms with Gasteiger partial charge in [-0.15, -0.1) is 0 Å². The zero-order valence-electron chi connectivity index (χ0n) is 16.1. The Labute approximate surface area is 167 Å². The number of hydrogen-bond donors (Lipinski definition) is 8. The lowest BCUT2D eigenvalue weighted by Gasteiger charge is -2.25. The first-order valence-corrected chi connectivity index (χ1v) is 8.96. The van der Waals surface area contributed by atoms with Crippen molar-refractivity contribution >= 4 is 29.7 Å². The molecule has 0 bridgehead atoms. The lowest BCUT2D eigenvalue weighted by Crippen LogP contribution is -2.59. The van der Waals surface area contributed by atoms with Crippen molar-refractivity contribution in [2.75, 3.05) is 13.1 Å². The molecule has 0 aromatic rings. The number of hydrogen-bond acceptors (Lipinski definition) is 8. The van der Waals surface area contributed by atoms with Crippen LogP contribution in [0.3, 0.4) is 0 Å². The topological polar surface area (TPSA) is 234 Å². The molecular weight excluding hydrogens is 390 g/mol. The second kappa shape index (κ2) is 13.4. The first-order chi connectivity index (χ1) is 13.5. The first kappa shape index (κ1) is 26.2. The van der Waals surface area contributed by atoms with E-state index in [0.717, 1.165) is 0 Å². The average molecular weight is 419 g/mol. The van der Waals surface area contributed by atoms with Crippen molar-refractivity contribution < 1.29 is 39.3 Å². The Morgan fingerprint density at radius 3 is 1.93 bits per heavy atom. The molecule has 13 nitrogen and oxygen atoms in total. The molecule has 29 heavy (non-hydrogen) atoms. The van der Waals surface area contributed by atoms with E-state index in [4.69, 9.17) is 16.6 Å². The third kappa shape index (κ3) is 10.4. The Balaban J connectivity index is 5.27. The Morgan fingerprint density at radius 2 is 1.48 bits per heavy atom. The normalized spacial score (nSPS) is 14.8. The SMILES string of the molecule is CC(O)C(NC(=O)CN)C(=O)NC(CC(=O)O)C(=O)NC(CCCCN)C(=O)O. The minimum absolute atomic E-state index is 0.0644. The number of aliphatic hydroxyl groups excluding tert-OH is 1. The van der Waals surface area contributed by atoms with Crippen LogP contribution in [0.2, 0.25) is 0 Å². The highest BCUT2D eigenvalue weighted by Crippen LogP contribution is 2.04. The zero-order valence-corrected chi connectivity index (χ0v) is 16.1. The van der Waals surface area contributed by atoms with Crippen LogP contribution in [0.1, 0.15) is 32.6 Å². The van der Waals surface area contributed by atoms with Crippen molar-refractivity contribution in [3.63, 3.8) is 0 Å². The van der Waals surface area contributed by atoms with Gasteiger partial charge in [0, 0.05) is 0 Å². The number of rotatable bonds is 14. The molecule has 13 heteroatoms. The minimum Gasteiger partial charge on any atom is -0.481 e. The van der Waals surface area contributed by atoms with Gasteiger partial charge in [-0.3, -0.25) is 19.2 Å². The second-order valence-electron chi connectivity index (χ2n) is 6.33. The molecule has 0 aliphatic carbocycles. The molecule has 0 aliphatic heterocycles. The fourth-order valence-corrected chi connectivity index (χ4v) is 2.31. The second-order valence-corrected chi connectivity index (χ2v) is 6.33. The number of unbranched alkanes of at least 4 members (excludes halogenated alkanes) is 1. The summed E-state index contributed by atoms with van der Waals surface area (Å²) in [7, 11) is 0. The van der Waals surface area contributed by atoms with Crippen molar-refractivity contribution in [2.24, 2.45) is 11.5 Å². The summed E-state index contributed by atoms with van der Waals surface area (Å²) >= 11 is 0. The van der Waals surface area contributed by atoms with E-state index in [1.54, 1.807) is 0 Å².